The van der Waals surface area contributed by atoms with E-state index in [1.165, 1.54) is 6.07 Å². The first-order valence-electron chi connectivity index (χ1n) is 5.76. The molecule has 1 aromatic carbocycles. The summed E-state index contributed by atoms with van der Waals surface area (Å²) in [5.41, 5.74) is 1.10. The normalized spacial score (nSPS) is 11.7. The number of hydrogen-bond donors (Lipinski definition) is 1. The molecule has 0 aliphatic carbocycles. The largest absolute Gasteiger partial charge is 0.471 e. The lowest BCUT2D eigenvalue weighted by atomic mass is 10.0. The second-order valence-corrected chi connectivity index (χ2v) is 4.58. The van der Waals surface area contributed by atoms with Gasteiger partial charge in [0.1, 0.15) is 0 Å². The molecule has 0 atom stereocenters. The van der Waals surface area contributed by atoms with Gasteiger partial charge in [0.15, 0.2) is 0 Å². The second-order valence-electron chi connectivity index (χ2n) is 4.58. The Morgan fingerprint density at radius 1 is 1.33 bits per heavy atom. The van der Waals surface area contributed by atoms with Crippen LogP contribution in [0.3, 0.4) is 0 Å². The average Bonchev–Trinajstić information content (AvgIpc) is 2.25. The predicted octanol–water partition coefficient (Wildman–Crippen LogP) is 3.78. The van der Waals surface area contributed by atoms with Gasteiger partial charge in [0, 0.05) is 5.69 Å². The van der Waals surface area contributed by atoms with Gasteiger partial charge in [-0.3, -0.25) is 4.79 Å². The highest BCUT2D eigenvalue weighted by molar-refractivity contribution is 5.94. The van der Waals surface area contributed by atoms with Crippen LogP contribution in [0.2, 0.25) is 0 Å². The predicted molar refractivity (Wildman–Crippen MR) is 64.3 cm³/mol. The number of anilines is 1. The number of hydrogen-bond acceptors (Lipinski definition) is 1. The lowest BCUT2D eigenvalue weighted by molar-refractivity contribution is -0.167. The number of amides is 1. The summed E-state index contributed by atoms with van der Waals surface area (Å²) < 4.78 is 36.2. The molecule has 0 fully saturated rings. The van der Waals surface area contributed by atoms with Crippen molar-refractivity contribution in [3.8, 4) is 0 Å². The van der Waals surface area contributed by atoms with E-state index in [1.54, 1.807) is 12.1 Å². The van der Waals surface area contributed by atoms with Crippen molar-refractivity contribution in [1.82, 2.24) is 0 Å². The minimum atomic E-state index is -4.85. The van der Waals surface area contributed by atoms with Gasteiger partial charge in [-0.1, -0.05) is 26.0 Å². The molecule has 0 spiro atoms. The zero-order chi connectivity index (χ0) is 13.8. The van der Waals surface area contributed by atoms with Gasteiger partial charge >= 0.3 is 12.1 Å². The van der Waals surface area contributed by atoms with Crippen molar-refractivity contribution in [2.24, 2.45) is 5.92 Å². The Bertz CT molecular complexity index is 413. The smallest absolute Gasteiger partial charge is 0.318 e. The number of alkyl halides is 3. The van der Waals surface area contributed by atoms with E-state index >= 15 is 0 Å². The number of carbonyl (C=O) groups excluding carboxylic acids is 1. The third kappa shape index (κ3) is 4.77. The standard InChI is InChI=1S/C13H16F3NO/c1-9(2)6-7-10-4-3-5-11(8-10)17-12(18)13(14,15)16/h3-5,8-9H,6-7H2,1-2H3,(H,17,18). The molecule has 1 N–H and O–H groups in total. The minimum Gasteiger partial charge on any atom is -0.318 e. The first kappa shape index (κ1) is 14.5. The van der Waals surface area contributed by atoms with Crippen LogP contribution in [-0.2, 0) is 11.2 Å². The SMILES string of the molecule is CC(C)CCc1cccc(NC(=O)C(F)(F)F)c1. The zero-order valence-electron chi connectivity index (χ0n) is 10.3. The number of nitrogens with one attached hydrogen (secondary N) is 1. The number of halogens is 3. The van der Waals surface area contributed by atoms with Crippen LogP contribution in [0, 0.1) is 5.92 Å². The molecule has 0 aromatic heterocycles. The zero-order valence-corrected chi connectivity index (χ0v) is 10.3. The van der Waals surface area contributed by atoms with Crippen molar-refractivity contribution < 1.29 is 18.0 Å². The van der Waals surface area contributed by atoms with Crippen LogP contribution < -0.4 is 5.32 Å². The Morgan fingerprint density at radius 2 is 2.00 bits per heavy atom. The van der Waals surface area contributed by atoms with E-state index in [0.29, 0.717) is 5.92 Å². The molecule has 0 saturated carbocycles. The van der Waals surface area contributed by atoms with Gasteiger partial charge in [0.05, 0.1) is 0 Å². The van der Waals surface area contributed by atoms with Crippen LogP contribution in [0.4, 0.5) is 18.9 Å². The summed E-state index contributed by atoms with van der Waals surface area (Å²) >= 11 is 0. The Labute approximate surface area is 104 Å². The number of benzene rings is 1. The molecule has 2 nitrogen and oxygen atoms in total. The van der Waals surface area contributed by atoms with E-state index in [0.717, 1.165) is 18.4 Å². The van der Waals surface area contributed by atoms with Gasteiger partial charge in [0.25, 0.3) is 0 Å². The van der Waals surface area contributed by atoms with E-state index in [-0.39, 0.29) is 5.69 Å². The first-order chi connectivity index (χ1) is 8.29. The van der Waals surface area contributed by atoms with Gasteiger partial charge in [-0.15, -0.1) is 0 Å². The topological polar surface area (TPSA) is 29.1 Å². The van der Waals surface area contributed by atoms with E-state index in [2.05, 4.69) is 13.8 Å². The van der Waals surface area contributed by atoms with E-state index < -0.39 is 12.1 Å². The maximum absolute atomic E-state index is 12.1. The van der Waals surface area contributed by atoms with Gasteiger partial charge < -0.3 is 5.32 Å². The Morgan fingerprint density at radius 3 is 2.56 bits per heavy atom. The molecule has 0 aliphatic rings. The van der Waals surface area contributed by atoms with Crippen LogP contribution in [0.1, 0.15) is 25.8 Å². The molecule has 0 aliphatic heterocycles. The van der Waals surface area contributed by atoms with Crippen LogP contribution >= 0.6 is 0 Å². The van der Waals surface area contributed by atoms with Crippen molar-refractivity contribution >= 4 is 11.6 Å². The highest BCUT2D eigenvalue weighted by Gasteiger charge is 2.38. The van der Waals surface area contributed by atoms with E-state index in [1.807, 2.05) is 11.4 Å². The molecular formula is C13H16F3NO. The Balaban J connectivity index is 2.68. The third-order valence-corrected chi connectivity index (χ3v) is 2.45. The third-order valence-electron chi connectivity index (χ3n) is 2.45. The Hall–Kier alpha value is -1.52. The molecule has 1 amide bonds. The molecule has 18 heavy (non-hydrogen) atoms. The molecular weight excluding hydrogens is 243 g/mol. The summed E-state index contributed by atoms with van der Waals surface area (Å²) in [6, 6.07) is 6.50. The van der Waals surface area contributed by atoms with Crippen molar-refractivity contribution in [2.75, 3.05) is 5.32 Å². The number of rotatable bonds is 4. The fourth-order valence-electron chi connectivity index (χ4n) is 1.46. The summed E-state index contributed by atoms with van der Waals surface area (Å²) in [6.45, 7) is 4.16. The fourth-order valence-corrected chi connectivity index (χ4v) is 1.46. The van der Waals surface area contributed by atoms with Crippen molar-refractivity contribution in [2.45, 2.75) is 32.9 Å². The van der Waals surface area contributed by atoms with Crippen molar-refractivity contribution in [1.29, 1.82) is 0 Å². The molecule has 100 valence electrons. The highest BCUT2D eigenvalue weighted by Crippen LogP contribution is 2.19. The fraction of sp³-hybridized carbons (Fsp3) is 0.462. The van der Waals surface area contributed by atoms with E-state index in [9.17, 15) is 18.0 Å². The molecule has 1 aromatic rings. The summed E-state index contributed by atoms with van der Waals surface area (Å²) in [6.07, 6.45) is -3.11. The highest BCUT2D eigenvalue weighted by atomic mass is 19.4. The molecule has 0 saturated heterocycles. The summed E-state index contributed by atoms with van der Waals surface area (Å²) in [5, 5.41) is 1.85. The van der Waals surface area contributed by atoms with Crippen LogP contribution in [0.15, 0.2) is 24.3 Å². The summed E-state index contributed by atoms with van der Waals surface area (Å²) in [7, 11) is 0. The maximum atomic E-state index is 12.1. The summed E-state index contributed by atoms with van der Waals surface area (Å²) in [5.74, 6) is -1.41. The number of carbonyl (C=O) groups is 1. The van der Waals surface area contributed by atoms with E-state index in [4.69, 9.17) is 0 Å². The van der Waals surface area contributed by atoms with Gasteiger partial charge in [0.2, 0.25) is 0 Å². The molecule has 0 radical (unpaired) electrons. The van der Waals surface area contributed by atoms with Gasteiger partial charge in [-0.25, -0.2) is 0 Å². The van der Waals surface area contributed by atoms with Crippen LogP contribution in [-0.4, -0.2) is 12.1 Å². The van der Waals surface area contributed by atoms with Gasteiger partial charge in [-0.2, -0.15) is 13.2 Å². The second kappa shape index (κ2) is 5.89. The first-order valence-corrected chi connectivity index (χ1v) is 5.76. The monoisotopic (exact) mass is 259 g/mol. The van der Waals surface area contributed by atoms with Crippen molar-refractivity contribution in [3.63, 3.8) is 0 Å². The molecule has 0 bridgehead atoms. The minimum absolute atomic E-state index is 0.179. The Kier molecular flexibility index (Phi) is 4.76. The van der Waals surface area contributed by atoms with Gasteiger partial charge in [-0.05, 0) is 36.5 Å². The molecule has 5 heteroatoms. The lowest BCUT2D eigenvalue weighted by Gasteiger charge is -2.10. The lowest BCUT2D eigenvalue weighted by Crippen LogP contribution is -2.29. The summed E-state index contributed by atoms with van der Waals surface area (Å²) in [4.78, 5) is 10.8. The molecule has 0 heterocycles. The average molecular weight is 259 g/mol. The molecule has 0 unspecified atom stereocenters. The van der Waals surface area contributed by atoms with Crippen LogP contribution in [0.5, 0.6) is 0 Å². The maximum Gasteiger partial charge on any atom is 0.471 e. The van der Waals surface area contributed by atoms with Crippen LogP contribution in [0.25, 0.3) is 0 Å². The number of aryl methyl sites for hydroxylation is 1. The molecule has 1 rings (SSSR count). The quantitative estimate of drug-likeness (QED) is 0.876. The van der Waals surface area contributed by atoms with Crippen molar-refractivity contribution in [3.05, 3.63) is 29.8 Å².